The lowest BCUT2D eigenvalue weighted by molar-refractivity contribution is -0.141. The van der Waals surface area contributed by atoms with Crippen molar-refractivity contribution in [3.63, 3.8) is 0 Å². The molecule has 6 heteroatoms. The normalized spacial score (nSPS) is 23.9. The Hall–Kier alpha value is -1.40. The Bertz CT molecular complexity index is 551. The molecule has 0 aliphatic carbocycles. The third-order valence-corrected chi connectivity index (χ3v) is 5.06. The number of benzene rings is 1. The molecule has 0 amide bonds. The maximum absolute atomic E-state index is 11.6. The minimum absolute atomic E-state index is 0.0151. The number of hydrogen-bond donors (Lipinski definition) is 1. The van der Waals surface area contributed by atoms with Crippen LogP contribution in [0.4, 0.5) is 0 Å². The molecule has 0 unspecified atom stereocenters. The van der Waals surface area contributed by atoms with E-state index in [0.717, 1.165) is 42.3 Å². The molecular weight excluding hydrogens is 302 g/mol. The molecule has 0 bridgehead atoms. The first-order valence-corrected chi connectivity index (χ1v) is 8.92. The first-order chi connectivity index (χ1) is 10.7. The third-order valence-electron chi connectivity index (χ3n) is 4.36. The van der Waals surface area contributed by atoms with Crippen LogP contribution in [0.3, 0.4) is 0 Å². The monoisotopic (exact) mass is 323 g/mol. The van der Waals surface area contributed by atoms with Gasteiger partial charge in [0.2, 0.25) is 6.79 Å². The van der Waals surface area contributed by atoms with E-state index in [2.05, 4.69) is 11.2 Å². The maximum Gasteiger partial charge on any atom is 0.308 e. The van der Waals surface area contributed by atoms with Gasteiger partial charge in [-0.2, -0.15) is 11.8 Å². The van der Waals surface area contributed by atoms with Gasteiger partial charge in [0.05, 0.1) is 5.92 Å². The van der Waals surface area contributed by atoms with E-state index >= 15 is 0 Å². The Kier molecular flexibility index (Phi) is 4.78. The van der Waals surface area contributed by atoms with E-state index in [4.69, 9.17) is 9.47 Å². The topological polar surface area (TPSA) is 59.0 Å². The molecule has 1 saturated heterocycles. The predicted molar refractivity (Wildman–Crippen MR) is 85.9 cm³/mol. The molecule has 22 heavy (non-hydrogen) atoms. The molecule has 1 aromatic rings. The number of aliphatic carboxylic acids is 1. The predicted octanol–water partition coefficient (Wildman–Crippen LogP) is 2.27. The Labute approximate surface area is 134 Å². The molecule has 1 aromatic carbocycles. The largest absolute Gasteiger partial charge is 0.481 e. The van der Waals surface area contributed by atoms with Crippen molar-refractivity contribution in [1.82, 2.24) is 4.90 Å². The number of carboxylic acid groups (broad SMARTS) is 1. The Morgan fingerprint density at radius 1 is 1.36 bits per heavy atom. The number of hydrogen-bond acceptors (Lipinski definition) is 5. The number of carboxylic acids is 1. The summed E-state index contributed by atoms with van der Waals surface area (Å²) in [5, 5.41) is 9.54. The van der Waals surface area contributed by atoms with Gasteiger partial charge in [-0.25, -0.2) is 0 Å². The molecule has 3 rings (SSSR count). The Morgan fingerprint density at radius 2 is 2.18 bits per heavy atom. The molecule has 0 spiro atoms. The number of nitrogens with zero attached hydrogens (tertiary/aromatic N) is 1. The lowest BCUT2D eigenvalue weighted by atomic mass is 9.89. The van der Waals surface area contributed by atoms with Gasteiger partial charge in [0.25, 0.3) is 0 Å². The van der Waals surface area contributed by atoms with Crippen LogP contribution >= 0.6 is 11.8 Å². The molecule has 1 N–H and O–H groups in total. The molecule has 2 aliphatic heterocycles. The Balaban J connectivity index is 1.74. The van der Waals surface area contributed by atoms with Gasteiger partial charge < -0.3 is 19.5 Å². The first-order valence-electron chi connectivity index (χ1n) is 7.52. The minimum Gasteiger partial charge on any atom is -0.481 e. The van der Waals surface area contributed by atoms with E-state index in [1.165, 1.54) is 0 Å². The summed E-state index contributed by atoms with van der Waals surface area (Å²) in [7, 11) is 0. The van der Waals surface area contributed by atoms with Crippen LogP contribution in [0, 0.1) is 5.92 Å². The molecule has 2 aliphatic rings. The second-order valence-electron chi connectivity index (χ2n) is 5.77. The SMILES string of the molecule is CSCCCN1C[C@H](C(=O)O)[C@@H](c2ccc3c(c2)OCO3)C1. The molecule has 2 heterocycles. The minimum atomic E-state index is -0.713. The summed E-state index contributed by atoms with van der Waals surface area (Å²) in [5.74, 6) is 1.53. The van der Waals surface area contributed by atoms with Crippen molar-refractivity contribution in [2.24, 2.45) is 5.92 Å². The zero-order valence-corrected chi connectivity index (χ0v) is 13.5. The highest BCUT2D eigenvalue weighted by Crippen LogP contribution is 2.39. The molecule has 2 atom stereocenters. The number of carbonyl (C=O) groups is 1. The summed E-state index contributed by atoms with van der Waals surface area (Å²) >= 11 is 1.83. The van der Waals surface area contributed by atoms with Crippen molar-refractivity contribution in [3.05, 3.63) is 23.8 Å². The van der Waals surface area contributed by atoms with Crippen molar-refractivity contribution in [2.45, 2.75) is 12.3 Å². The van der Waals surface area contributed by atoms with Gasteiger partial charge in [-0.15, -0.1) is 0 Å². The fourth-order valence-electron chi connectivity index (χ4n) is 3.23. The van der Waals surface area contributed by atoms with Crippen LogP contribution in [0.5, 0.6) is 11.5 Å². The second kappa shape index (κ2) is 6.79. The van der Waals surface area contributed by atoms with Gasteiger partial charge >= 0.3 is 5.97 Å². The van der Waals surface area contributed by atoms with E-state index in [9.17, 15) is 9.90 Å². The molecular formula is C16H21NO4S. The fraction of sp³-hybridized carbons (Fsp3) is 0.562. The number of rotatable bonds is 6. The second-order valence-corrected chi connectivity index (χ2v) is 6.76. The van der Waals surface area contributed by atoms with Crippen LogP contribution in [0.2, 0.25) is 0 Å². The summed E-state index contributed by atoms with van der Waals surface area (Å²) < 4.78 is 10.7. The molecule has 5 nitrogen and oxygen atoms in total. The lowest BCUT2D eigenvalue weighted by Crippen LogP contribution is -2.24. The Morgan fingerprint density at radius 3 is 2.95 bits per heavy atom. The van der Waals surface area contributed by atoms with Crippen LogP contribution in [0.1, 0.15) is 17.9 Å². The van der Waals surface area contributed by atoms with Crippen LogP contribution in [0.15, 0.2) is 18.2 Å². The smallest absolute Gasteiger partial charge is 0.308 e. The van der Waals surface area contributed by atoms with Crippen LogP contribution < -0.4 is 9.47 Å². The molecule has 1 fully saturated rings. The van der Waals surface area contributed by atoms with Crippen LogP contribution in [-0.2, 0) is 4.79 Å². The van der Waals surface area contributed by atoms with Crippen molar-refractivity contribution in [2.75, 3.05) is 38.4 Å². The average Bonchev–Trinajstić information content (AvgIpc) is 3.13. The fourth-order valence-corrected chi connectivity index (χ4v) is 3.65. The van der Waals surface area contributed by atoms with Gasteiger partial charge in [-0.3, -0.25) is 4.79 Å². The summed E-state index contributed by atoms with van der Waals surface area (Å²) in [6.45, 7) is 2.63. The van der Waals surface area contributed by atoms with E-state index in [1.54, 1.807) is 0 Å². The quantitative estimate of drug-likeness (QED) is 0.811. The highest BCUT2D eigenvalue weighted by Gasteiger charge is 2.38. The van der Waals surface area contributed by atoms with E-state index < -0.39 is 5.97 Å². The number of thioether (sulfide) groups is 1. The van der Waals surface area contributed by atoms with E-state index in [1.807, 2.05) is 30.0 Å². The van der Waals surface area contributed by atoms with Gasteiger partial charge in [0, 0.05) is 19.0 Å². The summed E-state index contributed by atoms with van der Waals surface area (Å²) in [4.78, 5) is 13.9. The summed E-state index contributed by atoms with van der Waals surface area (Å²) in [6.07, 6.45) is 3.20. The van der Waals surface area contributed by atoms with Crippen molar-refractivity contribution >= 4 is 17.7 Å². The van der Waals surface area contributed by atoms with Gasteiger partial charge in [-0.05, 0) is 42.7 Å². The highest BCUT2D eigenvalue weighted by molar-refractivity contribution is 7.98. The number of ether oxygens (including phenoxy) is 2. The van der Waals surface area contributed by atoms with Crippen molar-refractivity contribution < 1.29 is 19.4 Å². The first kappa shape index (κ1) is 15.5. The molecule has 120 valence electrons. The molecule has 0 aromatic heterocycles. The van der Waals surface area contributed by atoms with Gasteiger partial charge in [0.1, 0.15) is 0 Å². The van der Waals surface area contributed by atoms with E-state index in [-0.39, 0.29) is 18.6 Å². The number of likely N-dealkylation sites (tertiary alicyclic amines) is 1. The lowest BCUT2D eigenvalue weighted by Gasteiger charge is -2.16. The molecule has 0 saturated carbocycles. The van der Waals surface area contributed by atoms with Crippen LogP contribution in [-0.4, -0.2) is 54.4 Å². The highest BCUT2D eigenvalue weighted by atomic mass is 32.2. The van der Waals surface area contributed by atoms with Crippen molar-refractivity contribution in [3.8, 4) is 11.5 Å². The zero-order valence-electron chi connectivity index (χ0n) is 12.7. The van der Waals surface area contributed by atoms with Gasteiger partial charge in [0.15, 0.2) is 11.5 Å². The molecule has 0 radical (unpaired) electrons. The van der Waals surface area contributed by atoms with Crippen molar-refractivity contribution in [1.29, 1.82) is 0 Å². The summed E-state index contributed by atoms with van der Waals surface area (Å²) in [6, 6.07) is 5.79. The standard InChI is InChI=1S/C16H21NO4S/c1-22-6-2-5-17-8-12(13(9-17)16(18)19)11-3-4-14-15(7-11)21-10-20-14/h3-4,7,12-13H,2,5-6,8-10H2,1H3,(H,18,19)/t12-,13+/m1/s1. The van der Waals surface area contributed by atoms with E-state index in [0.29, 0.717) is 6.54 Å². The average molecular weight is 323 g/mol. The zero-order chi connectivity index (χ0) is 15.5. The van der Waals surface area contributed by atoms with Gasteiger partial charge in [-0.1, -0.05) is 6.07 Å². The maximum atomic E-state index is 11.6. The van der Waals surface area contributed by atoms with Crippen LogP contribution in [0.25, 0.3) is 0 Å². The number of fused-ring (bicyclic) bond motifs is 1. The third kappa shape index (κ3) is 3.17. The summed E-state index contributed by atoms with van der Waals surface area (Å²) in [5.41, 5.74) is 1.03.